The van der Waals surface area contributed by atoms with Crippen LogP contribution in [0.1, 0.15) is 28.5 Å². The zero-order valence-corrected chi connectivity index (χ0v) is 19.9. The quantitative estimate of drug-likeness (QED) is 0.555. The van der Waals surface area contributed by atoms with Gasteiger partial charge in [-0.25, -0.2) is 13.1 Å². The van der Waals surface area contributed by atoms with E-state index in [1.54, 1.807) is 40.0 Å². The Hall–Kier alpha value is -3.17. The van der Waals surface area contributed by atoms with Gasteiger partial charge in [0.1, 0.15) is 5.75 Å². The summed E-state index contributed by atoms with van der Waals surface area (Å²) in [6.07, 6.45) is 1.58. The Bertz CT molecular complexity index is 1230. The lowest BCUT2D eigenvalue weighted by Crippen LogP contribution is -2.50. The molecular formula is C24H28N4O4S. The van der Waals surface area contributed by atoms with E-state index in [9.17, 15) is 13.2 Å². The fourth-order valence-electron chi connectivity index (χ4n) is 3.89. The predicted molar refractivity (Wildman–Crippen MR) is 125 cm³/mol. The zero-order chi connectivity index (χ0) is 23.6. The summed E-state index contributed by atoms with van der Waals surface area (Å²) in [5.74, 6) is 0.498. The van der Waals surface area contributed by atoms with Crippen LogP contribution < -0.4 is 4.74 Å². The molecule has 1 aliphatic heterocycles. The molecule has 0 saturated carbocycles. The van der Waals surface area contributed by atoms with E-state index in [4.69, 9.17) is 4.74 Å². The first-order valence-electron chi connectivity index (χ1n) is 10.9. The molecule has 0 unspecified atom stereocenters. The van der Waals surface area contributed by atoms with Crippen LogP contribution >= 0.6 is 0 Å². The number of sulfonamides is 1. The maximum Gasteiger partial charge on any atom is 0.257 e. The molecule has 1 aromatic heterocycles. The molecular weight excluding hydrogens is 440 g/mol. The van der Waals surface area contributed by atoms with Crippen molar-refractivity contribution < 1.29 is 17.9 Å². The fourth-order valence-corrected chi connectivity index (χ4v) is 5.31. The van der Waals surface area contributed by atoms with Crippen molar-refractivity contribution in [2.24, 2.45) is 0 Å². The second-order valence-electron chi connectivity index (χ2n) is 7.99. The molecule has 4 rings (SSSR count). The maximum absolute atomic E-state index is 13.1. The number of amides is 1. The number of carbonyl (C=O) groups is 1. The molecule has 2 aromatic carbocycles. The van der Waals surface area contributed by atoms with Crippen LogP contribution in [-0.4, -0.2) is 66.1 Å². The van der Waals surface area contributed by atoms with E-state index in [0.29, 0.717) is 31.0 Å². The van der Waals surface area contributed by atoms with Crippen molar-refractivity contribution in [2.45, 2.75) is 25.7 Å². The Morgan fingerprint density at radius 3 is 2.21 bits per heavy atom. The summed E-state index contributed by atoms with van der Waals surface area (Å²) < 4.78 is 34.6. The number of aryl methyl sites for hydroxylation is 1. The topological polar surface area (TPSA) is 84.7 Å². The van der Waals surface area contributed by atoms with E-state index in [-0.39, 0.29) is 23.9 Å². The Balaban J connectivity index is 1.43. The van der Waals surface area contributed by atoms with Crippen LogP contribution in [0.3, 0.4) is 0 Å². The van der Waals surface area contributed by atoms with E-state index >= 15 is 0 Å². The summed E-state index contributed by atoms with van der Waals surface area (Å²) in [5.41, 5.74) is 3.33. The van der Waals surface area contributed by atoms with Crippen LogP contribution in [0, 0.1) is 13.8 Å². The third-order valence-corrected chi connectivity index (χ3v) is 7.73. The molecule has 8 nitrogen and oxygen atoms in total. The van der Waals surface area contributed by atoms with Crippen LogP contribution in [-0.2, 0) is 10.0 Å². The molecule has 0 N–H and O–H groups in total. The van der Waals surface area contributed by atoms with E-state index in [1.165, 1.54) is 4.31 Å². The van der Waals surface area contributed by atoms with Gasteiger partial charge in [0.05, 0.1) is 34.6 Å². The van der Waals surface area contributed by atoms with Crippen LogP contribution in [0.15, 0.2) is 59.6 Å². The van der Waals surface area contributed by atoms with Crippen molar-refractivity contribution in [3.05, 3.63) is 71.5 Å². The Morgan fingerprint density at radius 1 is 0.970 bits per heavy atom. The van der Waals surface area contributed by atoms with Gasteiger partial charge in [-0.2, -0.15) is 9.40 Å². The summed E-state index contributed by atoms with van der Waals surface area (Å²) in [4.78, 5) is 15.0. The molecule has 1 amide bonds. The average Bonchev–Trinajstić information content (AvgIpc) is 3.21. The van der Waals surface area contributed by atoms with E-state index in [0.717, 1.165) is 16.9 Å². The standard InChI is InChI=1S/C24H28N4O4S/c1-4-32-21-9-11-22(12-10-21)33(30,31)27-15-13-26(14-16-27)24(29)23-17-25-28(19(23)3)20-7-5-18(2)6-8-20/h5-12,17H,4,13-16H2,1-3H3. The van der Waals surface area contributed by atoms with Crippen LogP contribution in [0.25, 0.3) is 5.69 Å². The highest BCUT2D eigenvalue weighted by molar-refractivity contribution is 7.89. The third-order valence-electron chi connectivity index (χ3n) is 5.82. The van der Waals surface area contributed by atoms with Gasteiger partial charge in [0, 0.05) is 26.2 Å². The number of ether oxygens (including phenoxy) is 1. The summed E-state index contributed by atoms with van der Waals surface area (Å²) in [7, 11) is -3.63. The number of aromatic nitrogens is 2. The second kappa shape index (κ2) is 9.36. The first-order chi connectivity index (χ1) is 15.8. The average molecular weight is 469 g/mol. The highest BCUT2D eigenvalue weighted by atomic mass is 32.2. The molecule has 0 radical (unpaired) electrons. The lowest BCUT2D eigenvalue weighted by molar-refractivity contribution is 0.0697. The Kier molecular flexibility index (Phi) is 6.53. The third kappa shape index (κ3) is 4.65. The molecule has 174 valence electrons. The summed E-state index contributed by atoms with van der Waals surface area (Å²) in [5, 5.41) is 4.40. The van der Waals surface area contributed by atoms with Gasteiger partial charge in [-0.05, 0) is 57.2 Å². The van der Waals surface area contributed by atoms with Crippen molar-refractivity contribution in [1.29, 1.82) is 0 Å². The number of benzene rings is 2. The van der Waals surface area contributed by atoms with Gasteiger partial charge in [-0.1, -0.05) is 17.7 Å². The van der Waals surface area contributed by atoms with Crippen molar-refractivity contribution in [3.63, 3.8) is 0 Å². The molecule has 33 heavy (non-hydrogen) atoms. The molecule has 0 aliphatic carbocycles. The first-order valence-corrected chi connectivity index (χ1v) is 12.4. The molecule has 3 aromatic rings. The second-order valence-corrected chi connectivity index (χ2v) is 9.93. The van der Waals surface area contributed by atoms with Crippen molar-refractivity contribution in [3.8, 4) is 11.4 Å². The maximum atomic E-state index is 13.1. The largest absolute Gasteiger partial charge is 0.494 e. The van der Waals surface area contributed by atoms with Crippen LogP contribution in [0.4, 0.5) is 0 Å². The molecule has 0 atom stereocenters. The molecule has 2 heterocycles. The van der Waals surface area contributed by atoms with Gasteiger partial charge < -0.3 is 9.64 Å². The fraction of sp³-hybridized carbons (Fsp3) is 0.333. The molecule has 0 bridgehead atoms. The summed E-state index contributed by atoms with van der Waals surface area (Å²) >= 11 is 0. The zero-order valence-electron chi connectivity index (χ0n) is 19.1. The molecule has 1 aliphatic rings. The van der Waals surface area contributed by atoms with Gasteiger partial charge in [0.25, 0.3) is 5.91 Å². The highest BCUT2D eigenvalue weighted by Gasteiger charge is 2.31. The molecule has 9 heteroatoms. The number of piperazine rings is 1. The predicted octanol–water partition coefficient (Wildman–Crippen LogP) is 3.03. The number of hydrogen-bond acceptors (Lipinski definition) is 5. The van der Waals surface area contributed by atoms with Gasteiger partial charge in [-0.3, -0.25) is 4.79 Å². The molecule has 1 fully saturated rings. The van der Waals surface area contributed by atoms with Crippen molar-refractivity contribution in [1.82, 2.24) is 19.0 Å². The Morgan fingerprint density at radius 2 is 1.61 bits per heavy atom. The minimum atomic E-state index is -3.63. The smallest absolute Gasteiger partial charge is 0.257 e. The van der Waals surface area contributed by atoms with Crippen molar-refractivity contribution >= 4 is 15.9 Å². The lowest BCUT2D eigenvalue weighted by atomic mass is 10.2. The van der Waals surface area contributed by atoms with Gasteiger partial charge in [0.2, 0.25) is 10.0 Å². The monoisotopic (exact) mass is 468 g/mol. The number of rotatable bonds is 6. The molecule has 0 spiro atoms. The van der Waals surface area contributed by atoms with Crippen LogP contribution in [0.5, 0.6) is 5.75 Å². The number of carbonyl (C=O) groups excluding carboxylic acids is 1. The normalized spacial score (nSPS) is 14.9. The van der Waals surface area contributed by atoms with E-state index < -0.39 is 10.0 Å². The van der Waals surface area contributed by atoms with E-state index in [2.05, 4.69) is 5.10 Å². The summed E-state index contributed by atoms with van der Waals surface area (Å²) in [6, 6.07) is 14.4. The lowest BCUT2D eigenvalue weighted by Gasteiger charge is -2.34. The van der Waals surface area contributed by atoms with Crippen LogP contribution in [0.2, 0.25) is 0 Å². The number of hydrogen-bond donors (Lipinski definition) is 0. The van der Waals surface area contributed by atoms with Gasteiger partial charge >= 0.3 is 0 Å². The first kappa shape index (κ1) is 23.0. The van der Waals surface area contributed by atoms with Gasteiger partial charge in [0.15, 0.2) is 0 Å². The Labute approximate surface area is 194 Å². The minimum absolute atomic E-state index is 0.135. The van der Waals surface area contributed by atoms with Crippen molar-refractivity contribution in [2.75, 3.05) is 32.8 Å². The van der Waals surface area contributed by atoms with E-state index in [1.807, 2.05) is 45.0 Å². The highest BCUT2D eigenvalue weighted by Crippen LogP contribution is 2.22. The molecule has 1 saturated heterocycles. The van der Waals surface area contributed by atoms with Gasteiger partial charge in [-0.15, -0.1) is 0 Å². The number of nitrogens with zero attached hydrogens (tertiary/aromatic N) is 4. The SMILES string of the molecule is CCOc1ccc(S(=O)(=O)N2CCN(C(=O)c3cnn(-c4ccc(C)cc4)c3C)CC2)cc1. The minimum Gasteiger partial charge on any atom is -0.494 e. The summed E-state index contributed by atoms with van der Waals surface area (Å²) in [6.45, 7) is 7.41.